The second-order valence-corrected chi connectivity index (χ2v) is 7.06. The number of carbonyl (C=O) groups is 1. The Bertz CT molecular complexity index is 319. The maximum absolute atomic E-state index is 11.9. The molecule has 5 heteroatoms. The summed E-state index contributed by atoms with van der Waals surface area (Å²) in [4.78, 5) is 14.4. The first-order chi connectivity index (χ1) is 9.84. The van der Waals surface area contributed by atoms with Crippen LogP contribution in [0.3, 0.4) is 0 Å². The summed E-state index contributed by atoms with van der Waals surface area (Å²) in [5.74, 6) is 0. The van der Waals surface area contributed by atoms with Gasteiger partial charge in [0.1, 0.15) is 0 Å². The SMILES string of the molecule is CCN1CCCCC1CNC(=O)NCC(C)(C)CC(C)O. The van der Waals surface area contributed by atoms with Gasteiger partial charge in [-0.3, -0.25) is 4.90 Å². The molecule has 3 N–H and O–H groups in total. The highest BCUT2D eigenvalue weighted by molar-refractivity contribution is 5.73. The van der Waals surface area contributed by atoms with Gasteiger partial charge < -0.3 is 15.7 Å². The Morgan fingerprint density at radius 1 is 1.38 bits per heavy atom. The Labute approximate surface area is 129 Å². The standard InChI is InChI=1S/C16H33N3O2/c1-5-19-9-7-6-8-14(19)11-17-15(21)18-12-16(3,4)10-13(2)20/h13-14,20H,5-12H2,1-4H3,(H2,17,18,21). The van der Waals surface area contributed by atoms with Crippen LogP contribution >= 0.6 is 0 Å². The molecule has 0 spiro atoms. The number of likely N-dealkylation sites (tertiary alicyclic amines) is 1. The van der Waals surface area contributed by atoms with E-state index in [0.717, 1.165) is 19.6 Å². The number of hydrogen-bond donors (Lipinski definition) is 3. The Morgan fingerprint density at radius 2 is 2.10 bits per heavy atom. The van der Waals surface area contributed by atoms with E-state index in [2.05, 4.69) is 36.3 Å². The molecule has 1 aliphatic rings. The van der Waals surface area contributed by atoms with Crippen molar-refractivity contribution in [2.45, 2.75) is 65.5 Å². The first-order valence-electron chi connectivity index (χ1n) is 8.28. The molecule has 2 amide bonds. The Balaban J connectivity index is 2.27. The Morgan fingerprint density at radius 3 is 2.71 bits per heavy atom. The lowest BCUT2D eigenvalue weighted by Crippen LogP contribution is -2.49. The molecular formula is C16H33N3O2. The van der Waals surface area contributed by atoms with Gasteiger partial charge in [-0.1, -0.05) is 27.2 Å². The van der Waals surface area contributed by atoms with E-state index in [4.69, 9.17) is 0 Å². The number of rotatable bonds is 7. The number of aliphatic hydroxyl groups is 1. The summed E-state index contributed by atoms with van der Waals surface area (Å²) in [6.07, 6.45) is 4.03. The highest BCUT2D eigenvalue weighted by Gasteiger charge is 2.23. The van der Waals surface area contributed by atoms with E-state index < -0.39 is 0 Å². The lowest BCUT2D eigenvalue weighted by Gasteiger charge is -2.35. The van der Waals surface area contributed by atoms with Crippen LogP contribution in [-0.4, -0.2) is 54.4 Å². The quantitative estimate of drug-likeness (QED) is 0.673. The van der Waals surface area contributed by atoms with Crippen molar-refractivity contribution in [2.75, 3.05) is 26.2 Å². The molecule has 0 saturated carbocycles. The van der Waals surface area contributed by atoms with E-state index in [1.807, 2.05) is 0 Å². The van der Waals surface area contributed by atoms with Crippen molar-refractivity contribution >= 4 is 6.03 Å². The van der Waals surface area contributed by atoms with Crippen molar-refractivity contribution in [2.24, 2.45) is 5.41 Å². The smallest absolute Gasteiger partial charge is 0.314 e. The molecule has 1 aliphatic heterocycles. The van der Waals surface area contributed by atoms with Crippen molar-refractivity contribution in [3.8, 4) is 0 Å². The molecule has 1 rings (SSSR count). The second-order valence-electron chi connectivity index (χ2n) is 7.06. The van der Waals surface area contributed by atoms with Gasteiger partial charge in [-0.15, -0.1) is 0 Å². The predicted molar refractivity (Wildman–Crippen MR) is 86.4 cm³/mol. The summed E-state index contributed by atoms with van der Waals surface area (Å²) < 4.78 is 0. The molecule has 1 fully saturated rings. The zero-order valence-electron chi connectivity index (χ0n) is 14.1. The average molecular weight is 299 g/mol. The summed E-state index contributed by atoms with van der Waals surface area (Å²) in [7, 11) is 0. The number of hydrogen-bond acceptors (Lipinski definition) is 3. The van der Waals surface area contributed by atoms with Gasteiger partial charge in [-0.25, -0.2) is 4.79 Å². The van der Waals surface area contributed by atoms with Gasteiger partial charge >= 0.3 is 6.03 Å². The minimum Gasteiger partial charge on any atom is -0.393 e. The van der Waals surface area contributed by atoms with E-state index in [1.165, 1.54) is 19.3 Å². The van der Waals surface area contributed by atoms with Gasteiger partial charge in [-0.05, 0) is 44.7 Å². The summed E-state index contributed by atoms with van der Waals surface area (Å²) in [6, 6.07) is 0.371. The molecule has 2 unspecified atom stereocenters. The molecule has 0 radical (unpaired) electrons. The van der Waals surface area contributed by atoms with Crippen molar-refractivity contribution < 1.29 is 9.90 Å². The number of nitrogens with zero attached hydrogens (tertiary/aromatic N) is 1. The van der Waals surface area contributed by atoms with Crippen LogP contribution in [0.1, 0.15) is 53.4 Å². The van der Waals surface area contributed by atoms with Gasteiger partial charge in [0.25, 0.3) is 0 Å². The average Bonchev–Trinajstić information content (AvgIpc) is 2.42. The topological polar surface area (TPSA) is 64.6 Å². The summed E-state index contributed by atoms with van der Waals surface area (Å²) in [5.41, 5.74) is -0.0915. The molecule has 0 aromatic rings. The minimum atomic E-state index is -0.342. The molecule has 5 nitrogen and oxygen atoms in total. The van der Waals surface area contributed by atoms with Gasteiger partial charge in [0.2, 0.25) is 0 Å². The summed E-state index contributed by atoms with van der Waals surface area (Å²) >= 11 is 0. The number of amides is 2. The van der Waals surface area contributed by atoms with Crippen molar-refractivity contribution in [3.05, 3.63) is 0 Å². The molecule has 0 aromatic carbocycles. The van der Waals surface area contributed by atoms with Crippen LogP contribution in [0.4, 0.5) is 4.79 Å². The van der Waals surface area contributed by atoms with Crippen LogP contribution in [0.15, 0.2) is 0 Å². The first kappa shape index (κ1) is 18.2. The monoisotopic (exact) mass is 299 g/mol. The molecule has 0 aromatic heterocycles. The van der Waals surface area contributed by atoms with E-state index >= 15 is 0 Å². The third-order valence-corrected chi connectivity index (χ3v) is 4.23. The third-order valence-electron chi connectivity index (χ3n) is 4.23. The molecule has 124 valence electrons. The number of aliphatic hydroxyl groups excluding tert-OH is 1. The van der Waals surface area contributed by atoms with Crippen LogP contribution in [0.25, 0.3) is 0 Å². The fraction of sp³-hybridized carbons (Fsp3) is 0.938. The van der Waals surface area contributed by atoms with Crippen LogP contribution in [0.2, 0.25) is 0 Å². The molecular weight excluding hydrogens is 266 g/mol. The normalized spacial score (nSPS) is 21.9. The number of carbonyl (C=O) groups excluding carboxylic acids is 1. The largest absolute Gasteiger partial charge is 0.393 e. The van der Waals surface area contributed by atoms with Crippen molar-refractivity contribution in [3.63, 3.8) is 0 Å². The lowest BCUT2D eigenvalue weighted by atomic mass is 9.87. The Hall–Kier alpha value is -0.810. The number of likely N-dealkylation sites (N-methyl/N-ethyl adjacent to an activating group) is 1. The van der Waals surface area contributed by atoms with Crippen molar-refractivity contribution in [1.29, 1.82) is 0 Å². The fourth-order valence-electron chi connectivity index (χ4n) is 3.17. The third kappa shape index (κ3) is 7.14. The number of urea groups is 1. The molecule has 0 bridgehead atoms. The van der Waals surface area contributed by atoms with Gasteiger partial charge in [0.05, 0.1) is 6.10 Å². The van der Waals surface area contributed by atoms with Gasteiger partial charge in [0, 0.05) is 19.1 Å². The highest BCUT2D eigenvalue weighted by atomic mass is 16.3. The first-order valence-corrected chi connectivity index (χ1v) is 8.28. The highest BCUT2D eigenvalue weighted by Crippen LogP contribution is 2.21. The maximum Gasteiger partial charge on any atom is 0.314 e. The van der Waals surface area contributed by atoms with Crippen molar-refractivity contribution in [1.82, 2.24) is 15.5 Å². The molecule has 2 atom stereocenters. The van der Waals surface area contributed by atoms with E-state index in [-0.39, 0.29) is 17.6 Å². The lowest BCUT2D eigenvalue weighted by molar-refractivity contribution is 0.128. The van der Waals surface area contributed by atoms with Crippen LogP contribution in [-0.2, 0) is 0 Å². The van der Waals surface area contributed by atoms with Gasteiger partial charge in [0.15, 0.2) is 0 Å². The van der Waals surface area contributed by atoms with E-state index in [9.17, 15) is 9.90 Å². The van der Waals surface area contributed by atoms with Crippen LogP contribution in [0, 0.1) is 5.41 Å². The zero-order chi connectivity index (χ0) is 15.9. The van der Waals surface area contributed by atoms with E-state index in [0.29, 0.717) is 19.0 Å². The molecule has 21 heavy (non-hydrogen) atoms. The van der Waals surface area contributed by atoms with E-state index in [1.54, 1.807) is 6.92 Å². The molecule has 0 aliphatic carbocycles. The Kier molecular flexibility index (Phi) is 7.46. The van der Waals surface area contributed by atoms with Crippen LogP contribution < -0.4 is 10.6 Å². The van der Waals surface area contributed by atoms with Gasteiger partial charge in [-0.2, -0.15) is 0 Å². The number of piperidine rings is 1. The zero-order valence-corrected chi connectivity index (χ0v) is 14.1. The molecule has 1 heterocycles. The van der Waals surface area contributed by atoms with Crippen LogP contribution in [0.5, 0.6) is 0 Å². The molecule has 1 saturated heterocycles. The summed E-state index contributed by atoms with van der Waals surface area (Å²) in [6.45, 7) is 11.6. The fourth-order valence-corrected chi connectivity index (χ4v) is 3.17. The maximum atomic E-state index is 11.9. The second kappa shape index (κ2) is 8.59. The minimum absolute atomic E-state index is 0.0915. The predicted octanol–water partition coefficient (Wildman–Crippen LogP) is 1.96. The summed E-state index contributed by atoms with van der Waals surface area (Å²) in [5, 5.41) is 15.4. The number of nitrogens with one attached hydrogen (secondary N) is 2.